The molecule has 1 aliphatic rings. The average molecular weight is 347 g/mol. The van der Waals surface area contributed by atoms with Crippen molar-refractivity contribution in [2.75, 3.05) is 32.8 Å². The van der Waals surface area contributed by atoms with E-state index in [1.165, 1.54) is 0 Å². The molecule has 0 N–H and O–H groups in total. The van der Waals surface area contributed by atoms with Crippen molar-refractivity contribution >= 4 is 16.6 Å². The second-order valence-electron chi connectivity index (χ2n) is 6.58. The van der Waals surface area contributed by atoms with E-state index in [2.05, 4.69) is 33.1 Å². The molecular formula is C21H21N3O2. The zero-order valence-corrected chi connectivity index (χ0v) is 14.6. The van der Waals surface area contributed by atoms with Gasteiger partial charge in [-0.05, 0) is 29.1 Å². The maximum absolute atomic E-state index is 12.4. The van der Waals surface area contributed by atoms with E-state index in [4.69, 9.17) is 4.74 Å². The molecule has 26 heavy (non-hydrogen) atoms. The lowest BCUT2D eigenvalue weighted by Gasteiger charge is -2.25. The van der Waals surface area contributed by atoms with Crippen LogP contribution in [0, 0.1) is 0 Å². The van der Waals surface area contributed by atoms with Crippen molar-refractivity contribution in [3.8, 4) is 11.1 Å². The minimum Gasteiger partial charge on any atom is -0.379 e. The number of ether oxygens (including phenoxy) is 1. The van der Waals surface area contributed by atoms with Gasteiger partial charge in [0.1, 0.15) is 0 Å². The molecule has 0 aliphatic carbocycles. The van der Waals surface area contributed by atoms with Gasteiger partial charge in [-0.2, -0.15) is 0 Å². The number of hydrogen-bond acceptors (Lipinski definition) is 5. The van der Waals surface area contributed by atoms with Gasteiger partial charge in [-0.1, -0.05) is 18.2 Å². The van der Waals surface area contributed by atoms with Crippen LogP contribution >= 0.6 is 0 Å². The van der Waals surface area contributed by atoms with Gasteiger partial charge in [0.05, 0.1) is 26.2 Å². The zero-order valence-electron chi connectivity index (χ0n) is 14.6. The van der Waals surface area contributed by atoms with Crippen molar-refractivity contribution in [1.29, 1.82) is 0 Å². The number of pyridine rings is 2. The third-order valence-corrected chi connectivity index (χ3v) is 4.66. The predicted octanol–water partition coefficient (Wildman–Crippen LogP) is 2.74. The normalized spacial score (nSPS) is 15.2. The van der Waals surface area contributed by atoms with Crippen LogP contribution in [0.2, 0.25) is 0 Å². The first-order chi connectivity index (χ1) is 12.8. The van der Waals surface area contributed by atoms with Gasteiger partial charge in [0.2, 0.25) is 0 Å². The number of rotatable bonds is 5. The second kappa shape index (κ2) is 7.72. The van der Waals surface area contributed by atoms with Crippen LogP contribution in [0.15, 0.2) is 55.0 Å². The van der Waals surface area contributed by atoms with Crippen molar-refractivity contribution in [2.24, 2.45) is 0 Å². The number of Topliss-reactive ketones (excluding diaryl/α,β-unsaturated/α-hetero) is 1. The fraction of sp³-hybridized carbons (Fsp3) is 0.286. The van der Waals surface area contributed by atoms with Crippen LogP contribution in [-0.2, 0) is 16.0 Å². The molecule has 0 bridgehead atoms. The van der Waals surface area contributed by atoms with E-state index in [-0.39, 0.29) is 5.78 Å². The van der Waals surface area contributed by atoms with E-state index in [0.29, 0.717) is 26.2 Å². The Balaban J connectivity index is 1.51. The molecule has 5 nitrogen and oxygen atoms in total. The molecule has 132 valence electrons. The molecule has 3 aromatic rings. The number of hydrogen-bond donors (Lipinski definition) is 0. The molecule has 2 aromatic heterocycles. The van der Waals surface area contributed by atoms with Gasteiger partial charge in [0.15, 0.2) is 5.78 Å². The van der Waals surface area contributed by atoms with E-state index in [0.717, 1.165) is 40.7 Å². The highest BCUT2D eigenvalue weighted by Crippen LogP contribution is 2.24. The van der Waals surface area contributed by atoms with Crippen molar-refractivity contribution in [2.45, 2.75) is 6.42 Å². The Labute approximate surface area is 152 Å². The smallest absolute Gasteiger partial charge is 0.152 e. The topological polar surface area (TPSA) is 55.3 Å². The van der Waals surface area contributed by atoms with E-state index in [1.54, 1.807) is 6.20 Å². The SMILES string of the molecule is O=C(Cc1cc2cc(-c3cccnc3)ccc2cn1)CN1CCOCC1. The molecule has 3 heterocycles. The summed E-state index contributed by atoms with van der Waals surface area (Å²) in [6, 6.07) is 12.3. The summed E-state index contributed by atoms with van der Waals surface area (Å²) in [6.45, 7) is 3.53. The van der Waals surface area contributed by atoms with Crippen LogP contribution in [0.4, 0.5) is 0 Å². The third kappa shape index (κ3) is 3.95. The number of benzene rings is 1. The van der Waals surface area contributed by atoms with Gasteiger partial charge in [-0.3, -0.25) is 19.7 Å². The molecule has 1 saturated heterocycles. The first kappa shape index (κ1) is 16.8. The van der Waals surface area contributed by atoms with Gasteiger partial charge >= 0.3 is 0 Å². The number of carbonyl (C=O) groups excluding carboxylic acids is 1. The maximum atomic E-state index is 12.4. The molecule has 0 radical (unpaired) electrons. The first-order valence-electron chi connectivity index (χ1n) is 8.89. The van der Waals surface area contributed by atoms with Crippen LogP contribution in [0.5, 0.6) is 0 Å². The molecule has 0 atom stereocenters. The second-order valence-corrected chi connectivity index (χ2v) is 6.58. The molecule has 1 fully saturated rings. The van der Waals surface area contributed by atoms with E-state index in [9.17, 15) is 4.79 Å². The molecule has 0 unspecified atom stereocenters. The molecule has 0 saturated carbocycles. The summed E-state index contributed by atoms with van der Waals surface area (Å²) in [5, 5.41) is 2.16. The molecule has 0 amide bonds. The summed E-state index contributed by atoms with van der Waals surface area (Å²) in [6.07, 6.45) is 5.84. The summed E-state index contributed by atoms with van der Waals surface area (Å²) in [4.78, 5) is 23.2. The fourth-order valence-electron chi connectivity index (χ4n) is 3.26. The van der Waals surface area contributed by atoms with E-state index < -0.39 is 0 Å². The van der Waals surface area contributed by atoms with Gasteiger partial charge in [-0.15, -0.1) is 0 Å². The largest absolute Gasteiger partial charge is 0.379 e. The summed E-state index contributed by atoms with van der Waals surface area (Å²) in [7, 11) is 0. The van der Waals surface area contributed by atoms with Gasteiger partial charge in [-0.25, -0.2) is 0 Å². The highest BCUT2D eigenvalue weighted by Gasteiger charge is 2.15. The number of carbonyl (C=O) groups is 1. The van der Waals surface area contributed by atoms with Crippen molar-refractivity contribution < 1.29 is 9.53 Å². The Morgan fingerprint density at radius 2 is 1.92 bits per heavy atom. The van der Waals surface area contributed by atoms with Crippen molar-refractivity contribution in [3.05, 3.63) is 60.7 Å². The number of ketones is 1. The quantitative estimate of drug-likeness (QED) is 0.710. The lowest BCUT2D eigenvalue weighted by molar-refractivity contribution is -0.120. The van der Waals surface area contributed by atoms with Gasteiger partial charge < -0.3 is 4.74 Å². The van der Waals surface area contributed by atoms with Crippen LogP contribution in [0.1, 0.15) is 5.69 Å². The Kier molecular flexibility index (Phi) is 5.00. The minimum absolute atomic E-state index is 0.196. The number of fused-ring (bicyclic) bond motifs is 1. The summed E-state index contributed by atoms with van der Waals surface area (Å²) >= 11 is 0. The van der Waals surface area contributed by atoms with E-state index >= 15 is 0 Å². The summed E-state index contributed by atoms with van der Waals surface area (Å²) in [5.74, 6) is 0.196. The van der Waals surface area contributed by atoms with Crippen LogP contribution < -0.4 is 0 Å². The molecule has 0 spiro atoms. The fourth-order valence-corrected chi connectivity index (χ4v) is 3.26. The van der Waals surface area contributed by atoms with E-state index in [1.807, 2.05) is 30.6 Å². The first-order valence-corrected chi connectivity index (χ1v) is 8.89. The maximum Gasteiger partial charge on any atom is 0.152 e. The molecule has 1 aliphatic heterocycles. The molecule has 1 aromatic carbocycles. The molecule has 5 heteroatoms. The summed E-state index contributed by atoms with van der Waals surface area (Å²) < 4.78 is 5.33. The minimum atomic E-state index is 0.196. The van der Waals surface area contributed by atoms with Crippen molar-refractivity contribution in [3.63, 3.8) is 0 Å². The number of aromatic nitrogens is 2. The highest BCUT2D eigenvalue weighted by atomic mass is 16.5. The zero-order chi connectivity index (χ0) is 17.8. The van der Waals surface area contributed by atoms with Crippen LogP contribution in [0.3, 0.4) is 0 Å². The lowest BCUT2D eigenvalue weighted by Crippen LogP contribution is -2.39. The molecule has 4 rings (SSSR count). The van der Waals surface area contributed by atoms with Crippen LogP contribution in [0.25, 0.3) is 21.9 Å². The standard InChI is InChI=1S/C21H21N3O2/c25-21(15-24-6-8-26-9-7-24)12-20-11-19-10-16(3-4-18(19)14-23-20)17-2-1-5-22-13-17/h1-5,10-11,13-14H,6-9,12,15H2. The lowest BCUT2D eigenvalue weighted by atomic mass is 10.0. The molecular weight excluding hydrogens is 326 g/mol. The van der Waals surface area contributed by atoms with Crippen molar-refractivity contribution in [1.82, 2.24) is 14.9 Å². The predicted molar refractivity (Wildman–Crippen MR) is 101 cm³/mol. The Bertz CT molecular complexity index is 906. The Morgan fingerprint density at radius 1 is 1.04 bits per heavy atom. The van der Waals surface area contributed by atoms with Gasteiger partial charge in [0, 0.05) is 48.3 Å². The monoisotopic (exact) mass is 347 g/mol. The summed E-state index contributed by atoms with van der Waals surface area (Å²) in [5.41, 5.74) is 3.01. The Hall–Kier alpha value is -2.63. The number of nitrogens with zero attached hydrogens (tertiary/aromatic N) is 3. The Morgan fingerprint density at radius 3 is 2.73 bits per heavy atom. The average Bonchev–Trinajstić information content (AvgIpc) is 2.69. The highest BCUT2D eigenvalue weighted by molar-refractivity contribution is 5.88. The number of morpholine rings is 1. The van der Waals surface area contributed by atoms with Crippen LogP contribution in [-0.4, -0.2) is 53.5 Å². The third-order valence-electron chi connectivity index (χ3n) is 4.66. The van der Waals surface area contributed by atoms with Gasteiger partial charge in [0.25, 0.3) is 0 Å².